The molecule has 14 heavy (non-hydrogen) atoms. The fourth-order valence-corrected chi connectivity index (χ4v) is 1.84. The van der Waals surface area contributed by atoms with Gasteiger partial charge in [-0.3, -0.25) is 4.79 Å². The zero-order valence-corrected chi connectivity index (χ0v) is 8.99. The average Bonchev–Trinajstić information content (AvgIpc) is 2.23. The van der Waals surface area contributed by atoms with Gasteiger partial charge >= 0.3 is 0 Å². The van der Waals surface area contributed by atoms with Crippen molar-refractivity contribution in [2.24, 2.45) is 4.99 Å². The van der Waals surface area contributed by atoms with Crippen molar-refractivity contribution in [3.8, 4) is 0 Å². The molecule has 0 bridgehead atoms. The van der Waals surface area contributed by atoms with Crippen molar-refractivity contribution < 1.29 is 4.79 Å². The maximum Gasteiger partial charge on any atom is 0.250 e. The number of rotatable bonds is 1. The lowest BCUT2D eigenvalue weighted by atomic mass is 10.0. The summed E-state index contributed by atoms with van der Waals surface area (Å²) in [6.45, 7) is 0. The van der Waals surface area contributed by atoms with E-state index in [1.165, 1.54) is 0 Å². The third-order valence-corrected chi connectivity index (χ3v) is 2.74. The molecule has 0 unspecified atom stereocenters. The summed E-state index contributed by atoms with van der Waals surface area (Å²) in [5, 5.41) is 0. The van der Waals surface area contributed by atoms with Crippen molar-refractivity contribution in [2.45, 2.75) is 6.42 Å². The first-order valence-corrected chi connectivity index (χ1v) is 5.07. The van der Waals surface area contributed by atoms with E-state index in [-0.39, 0.29) is 5.91 Å². The smallest absolute Gasteiger partial charge is 0.250 e. The second kappa shape index (κ2) is 3.88. The molecule has 0 atom stereocenters. The van der Waals surface area contributed by atoms with Crippen LogP contribution in [0, 0.1) is 0 Å². The van der Waals surface area contributed by atoms with Gasteiger partial charge in [-0.05, 0) is 27.1 Å². The van der Waals surface area contributed by atoms with Crippen LogP contribution in [-0.4, -0.2) is 12.1 Å². The minimum atomic E-state index is -0.0907. The third kappa shape index (κ3) is 1.82. The molecule has 0 radical (unpaired) electrons. The first-order chi connectivity index (χ1) is 6.77. The van der Waals surface area contributed by atoms with Crippen molar-refractivity contribution in [2.75, 3.05) is 0 Å². The number of nitrogens with zero attached hydrogens (tertiary/aromatic N) is 1. The minimum absolute atomic E-state index is 0.0907. The van der Waals surface area contributed by atoms with Gasteiger partial charge in [0.15, 0.2) is 0 Å². The van der Waals surface area contributed by atoms with Gasteiger partial charge in [-0.2, -0.15) is 0 Å². The zero-order chi connectivity index (χ0) is 9.97. The highest BCUT2D eigenvalue weighted by atomic mass is 79.9. The predicted molar refractivity (Wildman–Crippen MR) is 60.4 cm³/mol. The van der Waals surface area contributed by atoms with Crippen molar-refractivity contribution >= 4 is 33.6 Å². The summed E-state index contributed by atoms with van der Waals surface area (Å²) in [4.78, 5) is 14.9. The molecule has 0 aliphatic carbocycles. The molecule has 2 rings (SSSR count). The number of hydrogen-bond donors (Lipinski definition) is 0. The van der Waals surface area contributed by atoms with E-state index in [0.717, 1.165) is 15.6 Å². The summed E-state index contributed by atoms with van der Waals surface area (Å²) >= 11 is 3.40. The molecule has 0 N–H and O–H groups in total. The molecule has 1 aliphatic rings. The number of carbonyl (C=O) groups excluding carboxylic acids is 1. The Balaban J connectivity index is 2.44. The van der Waals surface area contributed by atoms with Crippen molar-refractivity contribution in [1.29, 1.82) is 0 Å². The zero-order valence-electron chi connectivity index (χ0n) is 7.40. The number of hydrogen-bond acceptors (Lipinski definition) is 1. The molecule has 1 aromatic rings. The molecule has 0 saturated carbocycles. The van der Waals surface area contributed by atoms with Gasteiger partial charge in [-0.25, -0.2) is 4.99 Å². The van der Waals surface area contributed by atoms with Crippen molar-refractivity contribution in [1.82, 2.24) is 0 Å². The highest BCUT2D eigenvalue weighted by Gasteiger charge is 2.14. The summed E-state index contributed by atoms with van der Waals surface area (Å²) in [6, 6.07) is 9.85. The number of halogens is 1. The van der Waals surface area contributed by atoms with Crippen LogP contribution in [0.1, 0.15) is 12.0 Å². The summed E-state index contributed by atoms with van der Waals surface area (Å²) in [7, 11) is 0. The molecule has 3 heteroatoms. The summed E-state index contributed by atoms with van der Waals surface area (Å²) in [5.74, 6) is -0.0907. The Bertz CT molecular complexity index is 420. The molecular formula is C11H8BrNO. The molecule has 0 saturated heterocycles. The number of aliphatic imine (C=N–C) groups is 1. The quantitative estimate of drug-likeness (QED) is 0.753. The van der Waals surface area contributed by atoms with Crippen LogP contribution in [0.2, 0.25) is 0 Å². The Morgan fingerprint density at radius 1 is 1.21 bits per heavy atom. The van der Waals surface area contributed by atoms with Crippen molar-refractivity contribution in [3.05, 3.63) is 40.4 Å². The van der Waals surface area contributed by atoms with E-state index >= 15 is 0 Å². The first-order valence-electron chi connectivity index (χ1n) is 4.28. The molecule has 0 fully saturated rings. The van der Waals surface area contributed by atoms with Crippen LogP contribution in [-0.2, 0) is 4.79 Å². The van der Waals surface area contributed by atoms with E-state index in [1.807, 2.05) is 30.3 Å². The number of carbonyl (C=O) groups is 1. The van der Waals surface area contributed by atoms with Gasteiger partial charge in [-0.1, -0.05) is 30.3 Å². The highest BCUT2D eigenvalue weighted by Crippen LogP contribution is 2.27. The second-order valence-corrected chi connectivity index (χ2v) is 3.88. The Morgan fingerprint density at radius 2 is 1.93 bits per heavy atom. The van der Waals surface area contributed by atoms with E-state index in [4.69, 9.17) is 0 Å². The molecule has 1 amide bonds. The molecular weight excluding hydrogens is 242 g/mol. The van der Waals surface area contributed by atoms with Crippen LogP contribution in [0.15, 0.2) is 39.8 Å². The maximum absolute atomic E-state index is 11.1. The van der Waals surface area contributed by atoms with Crippen LogP contribution >= 0.6 is 15.9 Å². The van der Waals surface area contributed by atoms with Crippen LogP contribution in [0.25, 0.3) is 5.57 Å². The van der Waals surface area contributed by atoms with E-state index in [1.54, 1.807) is 6.21 Å². The van der Waals surface area contributed by atoms with Gasteiger partial charge in [0.1, 0.15) is 0 Å². The van der Waals surface area contributed by atoms with Gasteiger partial charge in [0.25, 0.3) is 0 Å². The highest BCUT2D eigenvalue weighted by molar-refractivity contribution is 9.12. The Labute approximate surface area is 90.5 Å². The lowest BCUT2D eigenvalue weighted by Crippen LogP contribution is -2.03. The topological polar surface area (TPSA) is 29.4 Å². The van der Waals surface area contributed by atoms with Gasteiger partial charge in [0.2, 0.25) is 5.91 Å². The van der Waals surface area contributed by atoms with Gasteiger partial charge in [0, 0.05) is 10.7 Å². The Kier molecular flexibility index (Phi) is 2.59. The van der Waals surface area contributed by atoms with Gasteiger partial charge in [0.05, 0.1) is 6.42 Å². The standard InChI is InChI=1S/C11H8BrNO/c12-10-7-13-11(14)6-9(10)8-4-2-1-3-5-8/h1-5,7H,6H2. The molecule has 70 valence electrons. The Morgan fingerprint density at radius 3 is 2.64 bits per heavy atom. The SMILES string of the molecule is O=C1CC(c2ccccc2)=C(Br)C=N1. The van der Waals surface area contributed by atoms with E-state index in [2.05, 4.69) is 20.9 Å². The molecule has 1 aromatic carbocycles. The second-order valence-electron chi connectivity index (χ2n) is 3.02. The van der Waals surface area contributed by atoms with E-state index < -0.39 is 0 Å². The van der Waals surface area contributed by atoms with E-state index in [0.29, 0.717) is 6.42 Å². The average molecular weight is 250 g/mol. The monoisotopic (exact) mass is 249 g/mol. The maximum atomic E-state index is 11.1. The van der Waals surface area contributed by atoms with Gasteiger partial charge in [-0.15, -0.1) is 0 Å². The Hall–Kier alpha value is -1.22. The fourth-order valence-electron chi connectivity index (χ4n) is 1.37. The summed E-state index contributed by atoms with van der Waals surface area (Å²) < 4.78 is 0.892. The van der Waals surface area contributed by atoms with E-state index in [9.17, 15) is 4.79 Å². The number of benzene rings is 1. The predicted octanol–water partition coefficient (Wildman–Crippen LogP) is 2.79. The third-order valence-electron chi connectivity index (χ3n) is 2.06. The van der Waals surface area contributed by atoms with Crippen LogP contribution in [0.4, 0.5) is 0 Å². The summed E-state index contributed by atoms with van der Waals surface area (Å²) in [5.41, 5.74) is 2.07. The number of dihydropyridines is 1. The van der Waals surface area contributed by atoms with Crippen LogP contribution in [0.3, 0.4) is 0 Å². The van der Waals surface area contributed by atoms with Crippen LogP contribution in [0.5, 0.6) is 0 Å². The lowest BCUT2D eigenvalue weighted by molar-refractivity contribution is -0.116. The van der Waals surface area contributed by atoms with Crippen LogP contribution < -0.4 is 0 Å². The number of amides is 1. The minimum Gasteiger partial charge on any atom is -0.272 e. The number of allylic oxidation sites excluding steroid dienone is 1. The van der Waals surface area contributed by atoms with Gasteiger partial charge < -0.3 is 0 Å². The molecule has 0 aromatic heterocycles. The molecule has 2 nitrogen and oxygen atoms in total. The summed E-state index contributed by atoms with van der Waals surface area (Å²) in [6.07, 6.45) is 1.94. The first kappa shape index (κ1) is 9.34. The molecule has 1 aliphatic heterocycles. The fraction of sp³-hybridized carbons (Fsp3) is 0.0909. The lowest BCUT2D eigenvalue weighted by Gasteiger charge is -2.10. The van der Waals surface area contributed by atoms with Crippen molar-refractivity contribution in [3.63, 3.8) is 0 Å². The molecule has 1 heterocycles. The molecule has 0 spiro atoms. The largest absolute Gasteiger partial charge is 0.272 e. The normalized spacial score (nSPS) is 16.2.